The summed E-state index contributed by atoms with van der Waals surface area (Å²) in [4.78, 5) is 19.6. The van der Waals surface area contributed by atoms with E-state index in [0.717, 1.165) is 10.9 Å². The molecule has 0 spiro atoms. The Morgan fingerprint density at radius 3 is 2.69 bits per heavy atom. The molecular weight excluding hydrogens is 427 g/mol. The molecule has 0 unspecified atom stereocenters. The first-order chi connectivity index (χ1) is 15.6. The largest absolute Gasteiger partial charge is 0.490 e. The van der Waals surface area contributed by atoms with Gasteiger partial charge in [-0.25, -0.2) is 9.37 Å². The summed E-state index contributed by atoms with van der Waals surface area (Å²) in [5.41, 5.74) is 1.70. The number of aromatic nitrogens is 1. The number of fused-ring (bicyclic) bond motifs is 2. The van der Waals surface area contributed by atoms with E-state index in [1.807, 2.05) is 55.5 Å². The van der Waals surface area contributed by atoms with Crippen LogP contribution in [0.3, 0.4) is 0 Å². The van der Waals surface area contributed by atoms with E-state index in [-0.39, 0.29) is 23.7 Å². The number of furan rings is 1. The zero-order valence-electron chi connectivity index (χ0n) is 17.2. The molecule has 0 fully saturated rings. The van der Waals surface area contributed by atoms with Crippen molar-refractivity contribution in [2.75, 3.05) is 11.5 Å². The Bertz CT molecular complexity index is 1410. The predicted molar refractivity (Wildman–Crippen MR) is 124 cm³/mol. The van der Waals surface area contributed by atoms with E-state index in [1.165, 1.54) is 22.3 Å². The number of para-hydroxylation sites is 2. The van der Waals surface area contributed by atoms with Gasteiger partial charge in [0.2, 0.25) is 0 Å². The zero-order chi connectivity index (χ0) is 22.1. The van der Waals surface area contributed by atoms with Crippen molar-refractivity contribution in [3.8, 4) is 5.75 Å². The fourth-order valence-corrected chi connectivity index (χ4v) is 4.53. The third kappa shape index (κ3) is 3.71. The molecular formula is C25H19FN2O3S. The summed E-state index contributed by atoms with van der Waals surface area (Å²) in [5, 5.41) is 1.18. The number of carbonyl (C=O) groups is 1. The van der Waals surface area contributed by atoms with Crippen molar-refractivity contribution in [3.05, 3.63) is 89.9 Å². The number of amides is 1. The monoisotopic (exact) mass is 446 g/mol. The molecule has 5 rings (SSSR count). The first-order valence-corrected chi connectivity index (χ1v) is 11.0. The number of nitrogens with zero attached hydrogens (tertiary/aromatic N) is 2. The Morgan fingerprint density at radius 2 is 1.91 bits per heavy atom. The van der Waals surface area contributed by atoms with Crippen LogP contribution in [0, 0.1) is 5.82 Å². The minimum Gasteiger partial charge on any atom is -0.490 e. The van der Waals surface area contributed by atoms with Crippen LogP contribution in [-0.2, 0) is 6.54 Å². The SMILES string of the molecule is CCOc1cccc2cc(C(=O)N(Cc3ccccc3)c3nc4c(F)cccc4s3)oc12. The Labute approximate surface area is 187 Å². The van der Waals surface area contributed by atoms with Gasteiger partial charge in [-0.2, -0.15) is 0 Å². The lowest BCUT2D eigenvalue weighted by atomic mass is 10.2. The van der Waals surface area contributed by atoms with E-state index in [0.29, 0.717) is 27.8 Å². The fraction of sp³-hybridized carbons (Fsp3) is 0.120. The fourth-order valence-electron chi connectivity index (χ4n) is 3.55. The van der Waals surface area contributed by atoms with Crippen LogP contribution in [0.5, 0.6) is 5.75 Å². The van der Waals surface area contributed by atoms with Gasteiger partial charge >= 0.3 is 0 Å². The number of hydrogen-bond acceptors (Lipinski definition) is 5. The van der Waals surface area contributed by atoms with E-state index >= 15 is 0 Å². The summed E-state index contributed by atoms with van der Waals surface area (Å²) >= 11 is 1.27. The third-order valence-electron chi connectivity index (χ3n) is 5.04. The Balaban J connectivity index is 1.59. The second-order valence-corrected chi connectivity index (χ2v) is 8.19. The number of halogens is 1. The van der Waals surface area contributed by atoms with E-state index in [1.54, 1.807) is 18.2 Å². The smallest absolute Gasteiger partial charge is 0.296 e. The van der Waals surface area contributed by atoms with Crippen LogP contribution in [0.1, 0.15) is 23.0 Å². The van der Waals surface area contributed by atoms with Gasteiger partial charge in [0.25, 0.3) is 5.91 Å². The number of rotatable bonds is 6. The number of thiazole rings is 1. The third-order valence-corrected chi connectivity index (χ3v) is 6.08. The van der Waals surface area contributed by atoms with E-state index in [9.17, 15) is 9.18 Å². The Hall–Kier alpha value is -3.71. The van der Waals surface area contributed by atoms with Crippen LogP contribution >= 0.6 is 11.3 Å². The van der Waals surface area contributed by atoms with Crippen LogP contribution in [0.15, 0.2) is 77.2 Å². The normalized spacial score (nSPS) is 11.2. The molecule has 2 aromatic heterocycles. The van der Waals surface area contributed by atoms with Crippen molar-refractivity contribution in [1.82, 2.24) is 4.98 Å². The predicted octanol–water partition coefficient (Wildman–Crippen LogP) is 6.43. The maximum Gasteiger partial charge on any atom is 0.296 e. The van der Waals surface area contributed by atoms with Gasteiger partial charge in [-0.05, 0) is 36.8 Å². The van der Waals surface area contributed by atoms with Crippen molar-refractivity contribution in [2.24, 2.45) is 0 Å². The molecule has 160 valence electrons. The van der Waals surface area contributed by atoms with Crippen molar-refractivity contribution < 1.29 is 18.3 Å². The van der Waals surface area contributed by atoms with Gasteiger partial charge in [0.05, 0.1) is 17.9 Å². The van der Waals surface area contributed by atoms with Gasteiger partial charge in [0, 0.05) is 5.39 Å². The molecule has 5 nitrogen and oxygen atoms in total. The van der Waals surface area contributed by atoms with Gasteiger partial charge in [0.1, 0.15) is 11.3 Å². The minimum absolute atomic E-state index is 0.169. The molecule has 0 N–H and O–H groups in total. The first-order valence-electron chi connectivity index (χ1n) is 10.2. The zero-order valence-corrected chi connectivity index (χ0v) is 18.1. The molecule has 2 heterocycles. The number of ether oxygens (including phenoxy) is 1. The highest BCUT2D eigenvalue weighted by Crippen LogP contribution is 2.34. The van der Waals surface area contributed by atoms with Crippen LogP contribution in [0.25, 0.3) is 21.2 Å². The van der Waals surface area contributed by atoms with Gasteiger partial charge in [-0.3, -0.25) is 9.69 Å². The molecule has 0 saturated carbocycles. The second-order valence-electron chi connectivity index (χ2n) is 7.18. The standard InChI is InChI=1S/C25H19FN2O3S/c1-2-30-19-12-6-10-17-14-20(31-23(17)19)24(29)28(15-16-8-4-3-5-9-16)25-27-22-18(26)11-7-13-21(22)32-25/h3-14H,2,15H2,1H3. The summed E-state index contributed by atoms with van der Waals surface area (Å²) in [7, 11) is 0. The van der Waals surface area contributed by atoms with Crippen molar-refractivity contribution in [3.63, 3.8) is 0 Å². The molecule has 0 atom stereocenters. The number of carbonyl (C=O) groups excluding carboxylic acids is 1. The highest BCUT2D eigenvalue weighted by molar-refractivity contribution is 7.22. The molecule has 3 aromatic carbocycles. The van der Waals surface area contributed by atoms with Crippen molar-refractivity contribution in [2.45, 2.75) is 13.5 Å². The van der Waals surface area contributed by atoms with Gasteiger partial charge in [-0.15, -0.1) is 0 Å². The van der Waals surface area contributed by atoms with Crippen LogP contribution < -0.4 is 9.64 Å². The van der Waals surface area contributed by atoms with Crippen LogP contribution in [-0.4, -0.2) is 17.5 Å². The molecule has 0 bridgehead atoms. The highest BCUT2D eigenvalue weighted by atomic mass is 32.1. The molecule has 0 aliphatic carbocycles. The van der Waals surface area contributed by atoms with Gasteiger partial charge in [-0.1, -0.05) is 59.9 Å². The van der Waals surface area contributed by atoms with Crippen molar-refractivity contribution in [1.29, 1.82) is 0 Å². The average Bonchev–Trinajstić information content (AvgIpc) is 3.44. The van der Waals surface area contributed by atoms with E-state index in [4.69, 9.17) is 9.15 Å². The Kier molecular flexibility index (Phi) is 5.33. The molecule has 0 saturated heterocycles. The number of benzene rings is 3. The summed E-state index contributed by atoms with van der Waals surface area (Å²) in [6, 6.07) is 21.6. The quantitative estimate of drug-likeness (QED) is 0.302. The van der Waals surface area contributed by atoms with Gasteiger partial charge in [0.15, 0.2) is 22.2 Å². The maximum atomic E-state index is 14.3. The van der Waals surface area contributed by atoms with E-state index < -0.39 is 5.82 Å². The highest BCUT2D eigenvalue weighted by Gasteiger charge is 2.26. The molecule has 32 heavy (non-hydrogen) atoms. The molecule has 0 aliphatic heterocycles. The second kappa shape index (κ2) is 8.43. The lowest BCUT2D eigenvalue weighted by Crippen LogP contribution is -2.30. The summed E-state index contributed by atoms with van der Waals surface area (Å²) in [6.45, 7) is 2.65. The van der Waals surface area contributed by atoms with Crippen LogP contribution in [0.4, 0.5) is 9.52 Å². The van der Waals surface area contributed by atoms with Crippen molar-refractivity contribution >= 4 is 43.6 Å². The first kappa shape index (κ1) is 20.2. The summed E-state index contributed by atoms with van der Waals surface area (Å²) in [5.74, 6) is -0.0160. The topological polar surface area (TPSA) is 55.6 Å². The maximum absolute atomic E-state index is 14.3. The Morgan fingerprint density at radius 1 is 1.09 bits per heavy atom. The number of hydrogen-bond donors (Lipinski definition) is 0. The minimum atomic E-state index is -0.415. The average molecular weight is 447 g/mol. The van der Waals surface area contributed by atoms with E-state index in [2.05, 4.69) is 4.98 Å². The lowest BCUT2D eigenvalue weighted by Gasteiger charge is -2.18. The molecule has 7 heteroatoms. The molecule has 0 radical (unpaired) electrons. The lowest BCUT2D eigenvalue weighted by molar-refractivity contribution is 0.0960. The van der Waals surface area contributed by atoms with Gasteiger partial charge < -0.3 is 9.15 Å². The number of anilines is 1. The van der Waals surface area contributed by atoms with Crippen LogP contribution in [0.2, 0.25) is 0 Å². The molecule has 1 amide bonds. The summed E-state index contributed by atoms with van der Waals surface area (Å²) in [6.07, 6.45) is 0. The molecule has 0 aliphatic rings. The molecule has 5 aromatic rings. The summed E-state index contributed by atoms with van der Waals surface area (Å²) < 4.78 is 26.5.